The molecule has 2 aromatic heterocycles. The lowest BCUT2D eigenvalue weighted by Crippen LogP contribution is -2.35. The molecule has 2 fully saturated rings. The summed E-state index contributed by atoms with van der Waals surface area (Å²) in [6, 6.07) is -0.600. The lowest BCUT2D eigenvalue weighted by molar-refractivity contribution is -0.240. The molecule has 0 bridgehead atoms. The minimum Gasteiger partial charge on any atom is -0.756 e. The number of hydrogen-bond acceptors (Lipinski definition) is 15. The predicted molar refractivity (Wildman–Crippen MR) is 95.4 cm³/mol. The molecule has 2 N–H and O–H groups in total. The smallest absolute Gasteiger partial charge is 0.346 e. The second-order valence-corrected chi connectivity index (χ2v) is 10.7. The second kappa shape index (κ2) is 8.41. The van der Waals surface area contributed by atoms with Gasteiger partial charge in [0.15, 0.2) is 17.6 Å². The number of ether oxygens (including phenoxy) is 2. The number of carbonyl (C=O) groups is 1. The minimum absolute atomic E-state index is 0.0319. The van der Waals surface area contributed by atoms with E-state index in [0.717, 1.165) is 0 Å². The van der Waals surface area contributed by atoms with Crippen LogP contribution in [-0.2, 0) is 40.9 Å². The van der Waals surface area contributed by atoms with Crippen LogP contribution >= 0.6 is 24.2 Å². The molecule has 0 amide bonds. The minimum atomic E-state index is -5.16. The van der Waals surface area contributed by atoms with E-state index in [0.29, 0.717) is 11.2 Å². The Morgan fingerprint density at radius 2 is 2.03 bits per heavy atom. The van der Waals surface area contributed by atoms with Gasteiger partial charge in [0.2, 0.25) is 0 Å². The fraction of sp³-hybridized carbons (Fsp3) is 0.500. The molecular weight excluding hydrogens is 483 g/mol. The number of nitrogen functional groups attached to an aromatic ring is 1. The second-order valence-electron chi connectivity index (χ2n) is 6.25. The molecule has 0 saturated carbocycles. The fourth-order valence-electron chi connectivity index (χ4n) is 3.01. The molecule has 0 aromatic carbocycles. The number of nitrogens with zero attached hydrogens (tertiary/aromatic N) is 4. The third-order valence-electron chi connectivity index (χ3n) is 4.15. The molecule has 2 aromatic rings. The highest BCUT2D eigenvalue weighted by Crippen LogP contribution is 2.73. The lowest BCUT2D eigenvalue weighted by atomic mass is 10.1. The van der Waals surface area contributed by atoms with Gasteiger partial charge in [-0.05, 0) is 0 Å². The van der Waals surface area contributed by atoms with Gasteiger partial charge in [0.05, 0.1) is 25.6 Å². The SMILES string of the molecule is CC(=O)O[C@H]1[C@H](COP2OP(=O)([O-])OP(=O)([O-])O2)OC[C@@H]1n1cnc2c(N)ncnc21. The maximum Gasteiger partial charge on any atom is 0.346 e. The lowest BCUT2D eigenvalue weighted by Gasteiger charge is -2.38. The Hall–Kier alpha value is -1.57. The van der Waals surface area contributed by atoms with Crippen molar-refractivity contribution in [2.24, 2.45) is 0 Å². The first-order chi connectivity index (χ1) is 14.5. The predicted octanol–water partition coefficient (Wildman–Crippen LogP) is -0.476. The molecule has 5 atom stereocenters. The van der Waals surface area contributed by atoms with E-state index in [2.05, 4.69) is 27.9 Å². The van der Waals surface area contributed by atoms with Crippen LogP contribution in [0, 0.1) is 0 Å². The highest BCUT2D eigenvalue weighted by molar-refractivity contribution is 7.71. The number of hydrogen-bond donors (Lipinski definition) is 1. The van der Waals surface area contributed by atoms with Gasteiger partial charge in [-0.1, -0.05) is 0 Å². The summed E-state index contributed by atoms with van der Waals surface area (Å²) in [5.74, 6) is -0.464. The van der Waals surface area contributed by atoms with Crippen molar-refractivity contribution in [3.8, 4) is 0 Å². The summed E-state index contributed by atoms with van der Waals surface area (Å²) in [7, 11) is -13.2. The Kier molecular flexibility index (Phi) is 6.14. The zero-order valence-corrected chi connectivity index (χ0v) is 18.2. The van der Waals surface area contributed by atoms with Crippen molar-refractivity contribution in [1.29, 1.82) is 0 Å². The molecule has 19 heteroatoms. The number of fused-ring (bicyclic) bond motifs is 1. The maximum absolute atomic E-state index is 11.6. The molecule has 16 nitrogen and oxygen atoms in total. The average Bonchev–Trinajstić information content (AvgIpc) is 3.21. The molecule has 2 aliphatic heterocycles. The molecule has 4 rings (SSSR count). The molecule has 0 aliphatic carbocycles. The molecular formula is C12H14N5O11P3-2. The van der Waals surface area contributed by atoms with E-state index >= 15 is 0 Å². The van der Waals surface area contributed by atoms with Crippen molar-refractivity contribution >= 4 is 47.2 Å². The summed E-state index contributed by atoms with van der Waals surface area (Å²) in [5, 5.41) is 0. The fourth-order valence-corrected chi connectivity index (χ4v) is 7.11. The van der Waals surface area contributed by atoms with Crippen LogP contribution in [0.5, 0.6) is 0 Å². The van der Waals surface area contributed by atoms with Crippen molar-refractivity contribution < 1.29 is 50.6 Å². The van der Waals surface area contributed by atoms with E-state index in [-0.39, 0.29) is 12.4 Å². The molecule has 0 spiro atoms. The van der Waals surface area contributed by atoms with Crippen molar-refractivity contribution in [3.05, 3.63) is 12.7 Å². The van der Waals surface area contributed by atoms with Gasteiger partial charge < -0.3 is 34.1 Å². The Bertz CT molecular complexity index is 1070. The average molecular weight is 497 g/mol. The van der Waals surface area contributed by atoms with Gasteiger partial charge in [0, 0.05) is 6.92 Å². The van der Waals surface area contributed by atoms with Gasteiger partial charge >= 0.3 is 14.6 Å². The van der Waals surface area contributed by atoms with E-state index in [1.54, 1.807) is 4.57 Å². The number of rotatable bonds is 5. The summed E-state index contributed by atoms with van der Waals surface area (Å²) in [6.07, 6.45) is 0.817. The largest absolute Gasteiger partial charge is 0.756 e. The third-order valence-corrected chi connectivity index (χ3v) is 8.78. The van der Waals surface area contributed by atoms with Crippen LogP contribution in [0.4, 0.5) is 5.82 Å². The van der Waals surface area contributed by atoms with Gasteiger partial charge in [-0.3, -0.25) is 13.9 Å². The molecule has 31 heavy (non-hydrogen) atoms. The van der Waals surface area contributed by atoms with Gasteiger partial charge in [0.25, 0.3) is 15.6 Å². The Labute approximate surface area is 174 Å². The number of imidazole rings is 1. The number of esters is 1. The van der Waals surface area contributed by atoms with E-state index in [1.165, 1.54) is 19.6 Å². The van der Waals surface area contributed by atoms with Crippen molar-refractivity contribution in [3.63, 3.8) is 0 Å². The standard InChI is InChI=1S/C12H16N5O11P3/c1-6(18)25-10-7(17-5-16-9-11(13)14-4-15-12(9)17)2-23-8(10)3-24-29-26-30(19,20)28-31(21,22)27-29/h4-5,7-8,10H,2-3H2,1H3,(H,19,20)(H,21,22)(H2,13,14,15)/p-2/t7-,8-,10+/m0/s1. The van der Waals surface area contributed by atoms with Crippen LogP contribution < -0.4 is 15.5 Å². The van der Waals surface area contributed by atoms with Gasteiger partial charge in [-0.25, -0.2) is 27.9 Å². The molecule has 170 valence electrons. The van der Waals surface area contributed by atoms with Crippen LogP contribution in [0.2, 0.25) is 0 Å². The third kappa shape index (κ3) is 4.94. The first-order valence-corrected chi connectivity index (χ1v) is 12.4. The highest BCUT2D eigenvalue weighted by atomic mass is 31.3. The highest BCUT2D eigenvalue weighted by Gasteiger charge is 2.44. The van der Waals surface area contributed by atoms with Gasteiger partial charge in [-0.2, -0.15) is 0 Å². The van der Waals surface area contributed by atoms with E-state index in [1.807, 2.05) is 0 Å². The summed E-state index contributed by atoms with van der Waals surface area (Å²) in [5.41, 5.74) is 6.50. The topological polar surface area (TPSA) is 222 Å². The van der Waals surface area contributed by atoms with Crippen molar-refractivity contribution in [2.75, 3.05) is 18.9 Å². The number of anilines is 1. The number of nitrogens with two attached hydrogens (primary N) is 1. The monoisotopic (exact) mass is 497 g/mol. The summed E-state index contributed by atoms with van der Waals surface area (Å²) in [4.78, 5) is 46.5. The Morgan fingerprint density at radius 1 is 1.32 bits per heavy atom. The van der Waals surface area contributed by atoms with Gasteiger partial charge in [0.1, 0.15) is 17.9 Å². The molecule has 0 radical (unpaired) electrons. The van der Waals surface area contributed by atoms with Crippen LogP contribution in [-0.4, -0.2) is 50.9 Å². The Morgan fingerprint density at radius 3 is 2.71 bits per heavy atom. The first-order valence-electron chi connectivity index (χ1n) is 8.42. The van der Waals surface area contributed by atoms with Crippen LogP contribution in [0.3, 0.4) is 0 Å². The van der Waals surface area contributed by atoms with Crippen molar-refractivity contribution in [2.45, 2.75) is 25.2 Å². The van der Waals surface area contributed by atoms with E-state index in [4.69, 9.17) is 19.7 Å². The van der Waals surface area contributed by atoms with Crippen LogP contribution in [0.15, 0.2) is 12.7 Å². The number of carbonyl (C=O) groups excluding carboxylic acids is 1. The number of aromatic nitrogens is 4. The molecule has 2 unspecified atom stereocenters. The zero-order valence-electron chi connectivity index (χ0n) is 15.5. The van der Waals surface area contributed by atoms with Crippen LogP contribution in [0.25, 0.3) is 11.2 Å². The van der Waals surface area contributed by atoms with E-state index in [9.17, 15) is 23.7 Å². The van der Waals surface area contributed by atoms with Crippen LogP contribution in [0.1, 0.15) is 13.0 Å². The summed E-state index contributed by atoms with van der Waals surface area (Å²) in [6.45, 7) is 0.795. The maximum atomic E-state index is 11.6. The quantitative estimate of drug-likeness (QED) is 0.407. The Balaban J connectivity index is 1.52. The summed E-state index contributed by atoms with van der Waals surface area (Å²) >= 11 is 0. The number of phosphoric acid groups is 2. The van der Waals surface area contributed by atoms with Gasteiger partial charge in [-0.15, -0.1) is 0 Å². The zero-order chi connectivity index (χ0) is 22.4. The molecule has 4 heterocycles. The summed E-state index contributed by atoms with van der Waals surface area (Å²) < 4.78 is 52.9. The van der Waals surface area contributed by atoms with E-state index < -0.39 is 55.1 Å². The molecule has 2 saturated heterocycles. The molecule has 2 aliphatic rings. The normalized spacial score (nSPS) is 36.0. The van der Waals surface area contributed by atoms with Crippen molar-refractivity contribution in [1.82, 2.24) is 19.5 Å². The first kappa shape index (κ1) is 22.6.